The highest BCUT2D eigenvalue weighted by molar-refractivity contribution is 9.10. The van der Waals surface area contributed by atoms with Crippen molar-refractivity contribution in [2.45, 2.75) is 4.90 Å². The minimum absolute atomic E-state index is 0.0576. The molecule has 0 aliphatic rings. The van der Waals surface area contributed by atoms with Crippen LogP contribution in [0.3, 0.4) is 0 Å². The summed E-state index contributed by atoms with van der Waals surface area (Å²) in [5.74, 6) is 5.30. The van der Waals surface area contributed by atoms with Crippen molar-refractivity contribution in [1.82, 2.24) is 9.97 Å². The SMILES string of the molecule is NNc1ncc(Br)cc1S(=O)(=O)Nc1nccs1. The van der Waals surface area contributed by atoms with Gasteiger partial charge in [0.1, 0.15) is 4.90 Å². The summed E-state index contributed by atoms with van der Waals surface area (Å²) in [4.78, 5) is 7.66. The average molecular weight is 350 g/mol. The molecule has 2 heterocycles. The molecule has 2 aromatic heterocycles. The lowest BCUT2D eigenvalue weighted by Gasteiger charge is -2.09. The van der Waals surface area contributed by atoms with Gasteiger partial charge in [0.15, 0.2) is 10.9 Å². The summed E-state index contributed by atoms with van der Waals surface area (Å²) in [6.07, 6.45) is 2.95. The molecule has 0 unspecified atom stereocenters. The Morgan fingerprint density at radius 1 is 1.39 bits per heavy atom. The van der Waals surface area contributed by atoms with Gasteiger partial charge in [-0.3, -0.25) is 4.72 Å². The predicted molar refractivity (Wildman–Crippen MR) is 72.7 cm³/mol. The third-order valence-corrected chi connectivity index (χ3v) is 4.50. The third-order valence-electron chi connectivity index (χ3n) is 1.90. The number of hydrogen-bond acceptors (Lipinski definition) is 7. The number of halogens is 1. The van der Waals surface area contributed by atoms with Gasteiger partial charge in [0.2, 0.25) is 0 Å². The van der Waals surface area contributed by atoms with Crippen LogP contribution in [0.15, 0.2) is 33.2 Å². The van der Waals surface area contributed by atoms with Crippen LogP contribution >= 0.6 is 27.3 Å². The van der Waals surface area contributed by atoms with Crippen molar-refractivity contribution in [2.75, 3.05) is 10.1 Å². The number of anilines is 2. The van der Waals surface area contributed by atoms with Crippen LogP contribution < -0.4 is 16.0 Å². The second-order valence-electron chi connectivity index (χ2n) is 3.09. The number of nitrogens with two attached hydrogens (primary N) is 1. The lowest BCUT2D eigenvalue weighted by molar-refractivity contribution is 0.601. The molecule has 0 spiro atoms. The molecule has 0 amide bonds. The molecular weight excluding hydrogens is 342 g/mol. The Bertz CT molecular complexity index is 644. The fourth-order valence-electron chi connectivity index (χ4n) is 1.18. The highest BCUT2D eigenvalue weighted by atomic mass is 79.9. The first kappa shape index (κ1) is 13.2. The molecule has 0 radical (unpaired) electrons. The molecule has 4 N–H and O–H groups in total. The van der Waals surface area contributed by atoms with Crippen LogP contribution in [-0.2, 0) is 10.0 Å². The lowest BCUT2D eigenvalue weighted by atomic mass is 10.5. The Hall–Kier alpha value is -1.23. The number of pyridine rings is 1. The van der Waals surface area contributed by atoms with E-state index in [1.807, 2.05) is 0 Å². The Morgan fingerprint density at radius 3 is 2.78 bits per heavy atom. The van der Waals surface area contributed by atoms with Crippen molar-refractivity contribution in [1.29, 1.82) is 0 Å². The first-order valence-corrected chi connectivity index (χ1v) is 7.73. The molecule has 0 saturated carbocycles. The molecule has 2 aromatic rings. The van der Waals surface area contributed by atoms with E-state index in [4.69, 9.17) is 5.84 Å². The second kappa shape index (κ2) is 5.18. The second-order valence-corrected chi connectivity index (χ2v) is 6.55. The Balaban J connectivity index is 2.43. The maximum Gasteiger partial charge on any atom is 0.267 e. The standard InChI is InChI=1S/C8H8BrN5O2S2/c9-5-3-6(7(13-10)12-4-5)18(15,16)14-8-11-1-2-17-8/h1-4H,10H2,(H,11,14)(H,12,13). The lowest BCUT2D eigenvalue weighted by Crippen LogP contribution is -2.18. The molecule has 0 aromatic carbocycles. The number of hydrazine groups is 1. The van der Waals surface area contributed by atoms with Gasteiger partial charge in [0, 0.05) is 22.2 Å². The van der Waals surface area contributed by atoms with Gasteiger partial charge < -0.3 is 5.43 Å². The molecule has 0 aliphatic carbocycles. The molecule has 0 atom stereocenters. The fourth-order valence-corrected chi connectivity index (χ4v) is 3.60. The number of hydrogen-bond donors (Lipinski definition) is 3. The van der Waals surface area contributed by atoms with Gasteiger partial charge in [-0.25, -0.2) is 24.2 Å². The molecule has 18 heavy (non-hydrogen) atoms. The number of aromatic nitrogens is 2. The van der Waals surface area contributed by atoms with Crippen molar-refractivity contribution in [2.24, 2.45) is 5.84 Å². The highest BCUT2D eigenvalue weighted by Crippen LogP contribution is 2.25. The molecule has 0 bridgehead atoms. The monoisotopic (exact) mass is 349 g/mol. The number of sulfonamides is 1. The van der Waals surface area contributed by atoms with E-state index in [2.05, 4.69) is 36.0 Å². The number of thiazole rings is 1. The summed E-state index contributed by atoms with van der Waals surface area (Å²) in [5.41, 5.74) is 2.24. The maximum absolute atomic E-state index is 12.1. The number of rotatable bonds is 4. The Kier molecular flexibility index (Phi) is 3.80. The van der Waals surface area contributed by atoms with Gasteiger partial charge in [0.25, 0.3) is 10.0 Å². The highest BCUT2D eigenvalue weighted by Gasteiger charge is 2.21. The topological polar surface area (TPSA) is 110 Å². The first-order valence-electron chi connectivity index (χ1n) is 4.57. The zero-order valence-electron chi connectivity index (χ0n) is 8.79. The van der Waals surface area contributed by atoms with Crippen LogP contribution in [0.2, 0.25) is 0 Å². The quantitative estimate of drug-likeness (QED) is 0.568. The number of nitrogen functional groups attached to an aromatic ring is 1. The zero-order valence-corrected chi connectivity index (χ0v) is 12.0. The van der Waals surface area contributed by atoms with Gasteiger partial charge in [-0.2, -0.15) is 0 Å². The van der Waals surface area contributed by atoms with Crippen molar-refractivity contribution < 1.29 is 8.42 Å². The molecule has 0 fully saturated rings. The van der Waals surface area contributed by atoms with Crippen LogP contribution in [-0.4, -0.2) is 18.4 Å². The smallest absolute Gasteiger partial charge is 0.267 e. The molecular formula is C8H8BrN5O2S2. The van der Waals surface area contributed by atoms with E-state index in [0.717, 1.165) is 0 Å². The van der Waals surface area contributed by atoms with Crippen molar-refractivity contribution >= 4 is 48.2 Å². The zero-order chi connectivity index (χ0) is 13.2. The van der Waals surface area contributed by atoms with Gasteiger partial charge in [-0.05, 0) is 22.0 Å². The summed E-state index contributed by atoms with van der Waals surface area (Å²) >= 11 is 4.34. The van der Waals surface area contributed by atoms with Gasteiger partial charge >= 0.3 is 0 Å². The van der Waals surface area contributed by atoms with Crippen LogP contribution in [0.5, 0.6) is 0 Å². The summed E-state index contributed by atoms with van der Waals surface area (Å²) in [7, 11) is -3.79. The van der Waals surface area contributed by atoms with Crippen molar-refractivity contribution in [3.63, 3.8) is 0 Å². The van der Waals surface area contributed by atoms with E-state index in [-0.39, 0.29) is 15.8 Å². The molecule has 10 heteroatoms. The maximum atomic E-state index is 12.1. The predicted octanol–water partition coefficient (Wildman–Crippen LogP) is 1.39. The number of nitrogens with one attached hydrogen (secondary N) is 2. The summed E-state index contributed by atoms with van der Waals surface area (Å²) in [6.45, 7) is 0. The molecule has 7 nitrogen and oxygen atoms in total. The van der Waals surface area contributed by atoms with Gasteiger partial charge in [0.05, 0.1) is 0 Å². The molecule has 0 aliphatic heterocycles. The van der Waals surface area contributed by atoms with E-state index >= 15 is 0 Å². The summed E-state index contributed by atoms with van der Waals surface area (Å²) in [6, 6.07) is 1.40. The largest absolute Gasteiger partial charge is 0.307 e. The van der Waals surface area contributed by atoms with E-state index in [0.29, 0.717) is 4.47 Å². The van der Waals surface area contributed by atoms with Crippen molar-refractivity contribution in [3.05, 3.63) is 28.3 Å². The van der Waals surface area contributed by atoms with Crippen LogP contribution in [0, 0.1) is 0 Å². The van der Waals surface area contributed by atoms with E-state index in [1.54, 1.807) is 5.38 Å². The minimum atomic E-state index is -3.79. The number of nitrogens with zero attached hydrogens (tertiary/aromatic N) is 2. The fraction of sp³-hybridized carbons (Fsp3) is 0. The van der Waals surface area contributed by atoms with Crippen LogP contribution in [0.4, 0.5) is 10.9 Å². The third kappa shape index (κ3) is 2.77. The Morgan fingerprint density at radius 2 is 2.17 bits per heavy atom. The molecule has 0 saturated heterocycles. The van der Waals surface area contributed by atoms with E-state index < -0.39 is 10.0 Å². The molecule has 2 rings (SSSR count). The van der Waals surface area contributed by atoms with Gasteiger partial charge in [-0.1, -0.05) is 0 Å². The van der Waals surface area contributed by atoms with Crippen molar-refractivity contribution in [3.8, 4) is 0 Å². The van der Waals surface area contributed by atoms with E-state index in [9.17, 15) is 8.42 Å². The van der Waals surface area contributed by atoms with Crippen LogP contribution in [0.25, 0.3) is 0 Å². The Labute approximate surface area is 116 Å². The summed E-state index contributed by atoms with van der Waals surface area (Å²) in [5, 5.41) is 1.94. The first-order chi connectivity index (χ1) is 8.53. The summed E-state index contributed by atoms with van der Waals surface area (Å²) < 4.78 is 27.1. The minimum Gasteiger partial charge on any atom is -0.307 e. The molecule has 96 valence electrons. The van der Waals surface area contributed by atoms with E-state index in [1.165, 1.54) is 29.8 Å². The van der Waals surface area contributed by atoms with Gasteiger partial charge in [-0.15, -0.1) is 11.3 Å². The van der Waals surface area contributed by atoms with Crippen LogP contribution in [0.1, 0.15) is 0 Å². The normalized spacial score (nSPS) is 11.2. The average Bonchev–Trinajstić information content (AvgIpc) is 2.81.